The average molecular weight is 293 g/mol. The van der Waals surface area contributed by atoms with Gasteiger partial charge in [-0.3, -0.25) is 4.90 Å². The van der Waals surface area contributed by atoms with Crippen molar-refractivity contribution in [1.82, 2.24) is 14.9 Å². The molecule has 1 saturated heterocycles. The smallest absolute Gasteiger partial charge is 0.119 e. The number of aromatic amines is 2. The van der Waals surface area contributed by atoms with Gasteiger partial charge in [-0.2, -0.15) is 0 Å². The lowest BCUT2D eigenvalue weighted by Crippen LogP contribution is -2.31. The van der Waals surface area contributed by atoms with Crippen molar-refractivity contribution >= 4 is 10.9 Å². The Morgan fingerprint density at radius 1 is 1.27 bits per heavy atom. The van der Waals surface area contributed by atoms with Crippen molar-refractivity contribution in [3.05, 3.63) is 53.5 Å². The maximum Gasteiger partial charge on any atom is 0.119 e. The highest BCUT2D eigenvalue weighted by molar-refractivity contribution is 5.87. The van der Waals surface area contributed by atoms with Crippen LogP contribution in [-0.2, 0) is 0 Å². The van der Waals surface area contributed by atoms with Gasteiger partial charge in [-0.1, -0.05) is 0 Å². The minimum atomic E-state index is 0.321. The van der Waals surface area contributed by atoms with E-state index in [4.69, 9.17) is 4.74 Å². The van der Waals surface area contributed by atoms with Crippen molar-refractivity contribution in [2.75, 3.05) is 20.2 Å². The van der Waals surface area contributed by atoms with E-state index in [1.165, 1.54) is 40.8 Å². The summed E-state index contributed by atoms with van der Waals surface area (Å²) in [5, 5.41) is 1.33. The number of hydrogen-bond acceptors (Lipinski definition) is 2. The van der Waals surface area contributed by atoms with E-state index in [0.717, 1.165) is 12.3 Å². The van der Waals surface area contributed by atoms with Crippen LogP contribution in [0.2, 0.25) is 0 Å². The molecule has 2 N–H and O–H groups in total. The molecule has 2 aromatic heterocycles. The Labute approximate surface area is 129 Å². The number of nitrogens with one attached hydrogen (secondary N) is 2. The first kappa shape index (κ1) is 12.4. The molecule has 112 valence electrons. The summed E-state index contributed by atoms with van der Waals surface area (Å²) in [4.78, 5) is 9.69. The molecule has 2 bridgehead atoms. The van der Waals surface area contributed by atoms with Gasteiger partial charge in [-0.15, -0.1) is 0 Å². The predicted octanol–water partition coefficient (Wildman–Crippen LogP) is 3.40. The Balaban J connectivity index is 1.77. The third kappa shape index (κ3) is 1.56. The van der Waals surface area contributed by atoms with Crippen LogP contribution >= 0.6 is 0 Å². The van der Waals surface area contributed by atoms with E-state index in [2.05, 4.69) is 39.1 Å². The van der Waals surface area contributed by atoms with Crippen LogP contribution in [0.3, 0.4) is 0 Å². The third-order valence-electron chi connectivity index (χ3n) is 5.26. The fourth-order valence-corrected chi connectivity index (χ4v) is 4.30. The quantitative estimate of drug-likeness (QED) is 0.760. The van der Waals surface area contributed by atoms with Crippen molar-refractivity contribution < 1.29 is 4.74 Å². The molecule has 2 aliphatic rings. The molecule has 3 aromatic rings. The zero-order chi connectivity index (χ0) is 14.7. The van der Waals surface area contributed by atoms with E-state index in [1.54, 1.807) is 7.11 Å². The number of aromatic nitrogens is 2. The van der Waals surface area contributed by atoms with Crippen molar-refractivity contribution in [2.45, 2.75) is 18.4 Å². The van der Waals surface area contributed by atoms with E-state index in [1.807, 2.05) is 12.3 Å². The highest BCUT2D eigenvalue weighted by Crippen LogP contribution is 2.47. The molecule has 22 heavy (non-hydrogen) atoms. The summed E-state index contributed by atoms with van der Waals surface area (Å²) >= 11 is 0. The number of fused-ring (bicyclic) bond motifs is 6. The monoisotopic (exact) mass is 293 g/mol. The number of nitrogens with zero attached hydrogens (tertiary/aromatic N) is 1. The van der Waals surface area contributed by atoms with E-state index in [0.29, 0.717) is 12.0 Å². The molecule has 0 saturated carbocycles. The number of hydrogen-bond donors (Lipinski definition) is 2. The van der Waals surface area contributed by atoms with Gasteiger partial charge >= 0.3 is 0 Å². The lowest BCUT2D eigenvalue weighted by Gasteiger charge is -2.32. The summed E-state index contributed by atoms with van der Waals surface area (Å²) in [5.41, 5.74) is 5.36. The van der Waals surface area contributed by atoms with E-state index in [9.17, 15) is 0 Å². The van der Waals surface area contributed by atoms with E-state index in [-0.39, 0.29) is 0 Å². The molecule has 3 unspecified atom stereocenters. The number of benzene rings is 1. The van der Waals surface area contributed by atoms with Crippen molar-refractivity contribution in [2.24, 2.45) is 0 Å². The van der Waals surface area contributed by atoms with Crippen LogP contribution < -0.4 is 4.74 Å². The number of H-pyrrole nitrogens is 2. The number of rotatable bonds is 2. The van der Waals surface area contributed by atoms with Gasteiger partial charge in [0.15, 0.2) is 0 Å². The van der Waals surface area contributed by atoms with Gasteiger partial charge in [0.1, 0.15) is 5.75 Å². The largest absolute Gasteiger partial charge is 0.497 e. The second kappa shape index (κ2) is 4.40. The number of ether oxygens (including phenoxy) is 1. The first-order valence-corrected chi connectivity index (χ1v) is 7.92. The second-order valence-corrected chi connectivity index (χ2v) is 6.37. The molecule has 4 heteroatoms. The van der Waals surface area contributed by atoms with Gasteiger partial charge in [-0.25, -0.2) is 0 Å². The topological polar surface area (TPSA) is 44.0 Å². The summed E-state index contributed by atoms with van der Waals surface area (Å²) in [6, 6.07) is 11.0. The fraction of sp³-hybridized carbons (Fsp3) is 0.333. The summed E-state index contributed by atoms with van der Waals surface area (Å²) in [6.45, 7) is 2.32. The molecule has 5 rings (SSSR count). The van der Waals surface area contributed by atoms with Gasteiger partial charge in [0.25, 0.3) is 0 Å². The minimum Gasteiger partial charge on any atom is -0.497 e. The van der Waals surface area contributed by atoms with Crippen LogP contribution in [0.25, 0.3) is 10.9 Å². The molecule has 1 aromatic carbocycles. The molecule has 1 fully saturated rings. The lowest BCUT2D eigenvalue weighted by atomic mass is 9.89. The molecule has 0 radical (unpaired) electrons. The molecule has 0 aliphatic carbocycles. The highest BCUT2D eigenvalue weighted by atomic mass is 16.5. The lowest BCUT2D eigenvalue weighted by molar-refractivity contribution is 0.258. The van der Waals surface area contributed by atoms with Gasteiger partial charge < -0.3 is 14.7 Å². The maximum absolute atomic E-state index is 5.43. The van der Waals surface area contributed by atoms with Crippen LogP contribution in [0.4, 0.5) is 0 Å². The molecule has 0 spiro atoms. The molecule has 0 amide bonds. The maximum atomic E-state index is 5.43. The summed E-state index contributed by atoms with van der Waals surface area (Å²) in [5.74, 6) is 1.58. The molecule has 4 nitrogen and oxygen atoms in total. The van der Waals surface area contributed by atoms with Crippen molar-refractivity contribution in [3.8, 4) is 5.75 Å². The Morgan fingerprint density at radius 2 is 2.23 bits per heavy atom. The highest BCUT2D eigenvalue weighted by Gasteiger charge is 2.41. The summed E-state index contributed by atoms with van der Waals surface area (Å²) in [6.07, 6.45) is 3.26. The Morgan fingerprint density at radius 3 is 3.05 bits per heavy atom. The van der Waals surface area contributed by atoms with Gasteiger partial charge in [0.05, 0.1) is 13.2 Å². The van der Waals surface area contributed by atoms with Crippen LogP contribution in [0, 0.1) is 0 Å². The predicted molar refractivity (Wildman–Crippen MR) is 86.4 cm³/mol. The molecular formula is C18H19N3O. The molecule has 3 atom stereocenters. The molecular weight excluding hydrogens is 274 g/mol. The second-order valence-electron chi connectivity index (χ2n) is 6.37. The van der Waals surface area contributed by atoms with Crippen molar-refractivity contribution in [3.63, 3.8) is 0 Å². The van der Waals surface area contributed by atoms with E-state index >= 15 is 0 Å². The Hall–Kier alpha value is -2.20. The summed E-state index contributed by atoms with van der Waals surface area (Å²) in [7, 11) is 1.74. The third-order valence-corrected chi connectivity index (χ3v) is 5.26. The Kier molecular flexibility index (Phi) is 2.47. The van der Waals surface area contributed by atoms with Gasteiger partial charge in [0, 0.05) is 41.0 Å². The number of methoxy groups -OCH3 is 1. The van der Waals surface area contributed by atoms with E-state index < -0.39 is 0 Å². The van der Waals surface area contributed by atoms with Crippen LogP contribution in [0.15, 0.2) is 36.5 Å². The summed E-state index contributed by atoms with van der Waals surface area (Å²) < 4.78 is 5.43. The van der Waals surface area contributed by atoms with Crippen LogP contribution in [0.1, 0.15) is 35.3 Å². The first-order valence-electron chi connectivity index (χ1n) is 7.92. The minimum absolute atomic E-state index is 0.321. The van der Waals surface area contributed by atoms with Crippen molar-refractivity contribution in [1.29, 1.82) is 0 Å². The molecule has 2 aliphatic heterocycles. The Bertz CT molecular complexity index is 834. The average Bonchev–Trinajstić information content (AvgIpc) is 3.26. The zero-order valence-electron chi connectivity index (χ0n) is 12.6. The first-order chi connectivity index (χ1) is 10.8. The fourth-order valence-electron chi connectivity index (χ4n) is 4.30. The molecule has 4 heterocycles. The van der Waals surface area contributed by atoms with Gasteiger partial charge in [-0.05, 0) is 48.9 Å². The zero-order valence-corrected chi connectivity index (χ0v) is 12.6. The standard InChI is InChI=1S/C18H19N3O/c1-22-12-4-5-14-13(9-12)16-11-6-8-21(10-11)18(17(16)20-14)15-3-2-7-19-15/h2-5,7,9,11,18-20H,6,8,10H2,1H3. The van der Waals surface area contributed by atoms with Gasteiger partial charge in [0.2, 0.25) is 0 Å². The van der Waals surface area contributed by atoms with Crippen LogP contribution in [-0.4, -0.2) is 35.1 Å². The van der Waals surface area contributed by atoms with Crippen LogP contribution in [0.5, 0.6) is 5.75 Å². The normalized spacial score (nSPS) is 26.3. The SMILES string of the molecule is COc1ccc2[nH]c3c(c2c1)C1CCN(C1)C3c1ccc[nH]1.